The predicted octanol–water partition coefficient (Wildman–Crippen LogP) is 2.26. The van der Waals surface area contributed by atoms with Crippen molar-refractivity contribution in [3.8, 4) is 11.3 Å². The fourth-order valence-electron chi connectivity index (χ4n) is 1.36. The van der Waals surface area contributed by atoms with E-state index in [1.165, 1.54) is 6.20 Å². The summed E-state index contributed by atoms with van der Waals surface area (Å²) in [6.45, 7) is 2.00. The molecule has 0 unspecified atom stereocenters. The first kappa shape index (κ1) is 9.52. The van der Waals surface area contributed by atoms with E-state index in [0.717, 1.165) is 23.1 Å². The summed E-state index contributed by atoms with van der Waals surface area (Å²) < 4.78 is 0. The second kappa shape index (κ2) is 4.00. The number of hydrogen-bond donors (Lipinski definition) is 0. The molecule has 2 aromatic rings. The molecule has 0 bridgehead atoms. The molecular formula is C12H10N2O. The van der Waals surface area contributed by atoms with E-state index in [0.29, 0.717) is 5.56 Å². The highest BCUT2D eigenvalue weighted by molar-refractivity contribution is 5.77. The Balaban J connectivity index is 2.49. The van der Waals surface area contributed by atoms with E-state index >= 15 is 0 Å². The van der Waals surface area contributed by atoms with Crippen LogP contribution in [0.15, 0.2) is 36.8 Å². The number of hydrogen-bond acceptors (Lipinski definition) is 3. The van der Waals surface area contributed by atoms with E-state index in [4.69, 9.17) is 0 Å². The minimum atomic E-state index is 0.566. The van der Waals surface area contributed by atoms with Crippen molar-refractivity contribution in [1.82, 2.24) is 9.97 Å². The third kappa shape index (κ3) is 2.07. The minimum Gasteiger partial charge on any atom is -0.298 e. The van der Waals surface area contributed by atoms with Crippen LogP contribution in [0, 0.1) is 6.92 Å². The SMILES string of the molecule is Cc1ccnc(-c2cncc(C=O)c2)c1. The molecule has 0 aliphatic heterocycles. The summed E-state index contributed by atoms with van der Waals surface area (Å²) in [5.41, 5.74) is 3.40. The Hall–Kier alpha value is -2.03. The van der Waals surface area contributed by atoms with Crippen molar-refractivity contribution in [2.45, 2.75) is 6.92 Å². The van der Waals surface area contributed by atoms with Gasteiger partial charge in [-0.25, -0.2) is 0 Å². The Morgan fingerprint density at radius 1 is 1.27 bits per heavy atom. The summed E-state index contributed by atoms with van der Waals surface area (Å²) >= 11 is 0. The highest BCUT2D eigenvalue weighted by Gasteiger charge is 2.00. The number of nitrogens with zero attached hydrogens (tertiary/aromatic N) is 2. The maximum absolute atomic E-state index is 10.6. The van der Waals surface area contributed by atoms with Crippen LogP contribution >= 0.6 is 0 Å². The van der Waals surface area contributed by atoms with Crippen molar-refractivity contribution in [3.05, 3.63) is 47.9 Å². The summed E-state index contributed by atoms with van der Waals surface area (Å²) in [5, 5.41) is 0. The number of carbonyl (C=O) groups is 1. The van der Waals surface area contributed by atoms with Gasteiger partial charge in [-0.3, -0.25) is 14.8 Å². The van der Waals surface area contributed by atoms with Gasteiger partial charge in [0.2, 0.25) is 0 Å². The van der Waals surface area contributed by atoms with Gasteiger partial charge >= 0.3 is 0 Å². The average molecular weight is 198 g/mol. The number of carbonyl (C=O) groups excluding carboxylic acids is 1. The van der Waals surface area contributed by atoms with E-state index in [1.54, 1.807) is 18.5 Å². The van der Waals surface area contributed by atoms with Gasteiger partial charge in [-0.2, -0.15) is 0 Å². The summed E-state index contributed by atoms with van der Waals surface area (Å²) in [6.07, 6.45) is 5.77. The first-order valence-corrected chi connectivity index (χ1v) is 4.63. The van der Waals surface area contributed by atoms with Gasteiger partial charge in [-0.05, 0) is 30.7 Å². The summed E-state index contributed by atoms with van der Waals surface area (Å²) in [6, 6.07) is 5.67. The van der Waals surface area contributed by atoms with Crippen LogP contribution in [-0.4, -0.2) is 16.3 Å². The quantitative estimate of drug-likeness (QED) is 0.695. The summed E-state index contributed by atoms with van der Waals surface area (Å²) in [5.74, 6) is 0. The van der Waals surface area contributed by atoms with E-state index in [-0.39, 0.29) is 0 Å². The van der Waals surface area contributed by atoms with E-state index < -0.39 is 0 Å². The topological polar surface area (TPSA) is 42.9 Å². The molecule has 0 saturated heterocycles. The van der Waals surface area contributed by atoms with Crippen LogP contribution in [0.25, 0.3) is 11.3 Å². The molecule has 2 aromatic heterocycles. The van der Waals surface area contributed by atoms with Gasteiger partial charge in [0.25, 0.3) is 0 Å². The number of aryl methyl sites for hydroxylation is 1. The first-order valence-electron chi connectivity index (χ1n) is 4.63. The minimum absolute atomic E-state index is 0.566. The predicted molar refractivity (Wildman–Crippen MR) is 57.6 cm³/mol. The Bertz CT molecular complexity index is 494. The largest absolute Gasteiger partial charge is 0.298 e. The van der Waals surface area contributed by atoms with Crippen molar-refractivity contribution in [1.29, 1.82) is 0 Å². The Labute approximate surface area is 87.8 Å². The molecule has 0 fully saturated rings. The zero-order chi connectivity index (χ0) is 10.7. The molecular weight excluding hydrogens is 188 g/mol. The lowest BCUT2D eigenvalue weighted by atomic mass is 10.1. The second-order valence-corrected chi connectivity index (χ2v) is 3.34. The highest BCUT2D eigenvalue weighted by atomic mass is 16.1. The molecule has 0 spiro atoms. The Morgan fingerprint density at radius 2 is 2.13 bits per heavy atom. The summed E-state index contributed by atoms with van der Waals surface area (Å²) in [7, 11) is 0. The van der Waals surface area contributed by atoms with Crippen molar-refractivity contribution < 1.29 is 4.79 Å². The molecule has 0 aromatic carbocycles. The zero-order valence-corrected chi connectivity index (χ0v) is 8.34. The third-order valence-corrected chi connectivity index (χ3v) is 2.11. The van der Waals surface area contributed by atoms with Crippen molar-refractivity contribution in [3.63, 3.8) is 0 Å². The Morgan fingerprint density at radius 3 is 2.87 bits per heavy atom. The van der Waals surface area contributed by atoms with Crippen LogP contribution in [0.5, 0.6) is 0 Å². The molecule has 0 radical (unpaired) electrons. The van der Waals surface area contributed by atoms with Crippen molar-refractivity contribution >= 4 is 6.29 Å². The maximum atomic E-state index is 10.6. The Kier molecular flexibility index (Phi) is 2.54. The van der Waals surface area contributed by atoms with Crippen LogP contribution < -0.4 is 0 Å². The van der Waals surface area contributed by atoms with Gasteiger partial charge in [0.1, 0.15) is 0 Å². The second-order valence-electron chi connectivity index (χ2n) is 3.34. The normalized spacial score (nSPS) is 9.93. The summed E-state index contributed by atoms with van der Waals surface area (Å²) in [4.78, 5) is 18.8. The fourth-order valence-corrected chi connectivity index (χ4v) is 1.36. The number of aldehydes is 1. The lowest BCUT2D eigenvalue weighted by Gasteiger charge is -2.01. The van der Waals surface area contributed by atoms with Crippen molar-refractivity contribution in [2.24, 2.45) is 0 Å². The monoisotopic (exact) mass is 198 g/mol. The molecule has 0 N–H and O–H groups in total. The smallest absolute Gasteiger partial charge is 0.151 e. The number of rotatable bonds is 2. The molecule has 74 valence electrons. The maximum Gasteiger partial charge on any atom is 0.151 e. The van der Waals surface area contributed by atoms with Gasteiger partial charge in [0.05, 0.1) is 5.69 Å². The standard InChI is InChI=1S/C12H10N2O/c1-9-2-3-14-12(4-9)11-5-10(8-15)6-13-7-11/h2-8H,1H3. The van der Waals surface area contributed by atoms with Gasteiger partial charge < -0.3 is 0 Å². The average Bonchev–Trinajstić information content (AvgIpc) is 2.29. The zero-order valence-electron chi connectivity index (χ0n) is 8.34. The first-order chi connectivity index (χ1) is 7.29. The van der Waals surface area contributed by atoms with E-state index in [1.807, 2.05) is 19.1 Å². The molecule has 0 aliphatic rings. The number of aromatic nitrogens is 2. The van der Waals surface area contributed by atoms with Gasteiger partial charge in [-0.1, -0.05) is 0 Å². The van der Waals surface area contributed by atoms with Gasteiger partial charge in [0.15, 0.2) is 6.29 Å². The van der Waals surface area contributed by atoms with Gasteiger partial charge in [0, 0.05) is 29.7 Å². The van der Waals surface area contributed by atoms with Crippen LogP contribution in [0.1, 0.15) is 15.9 Å². The molecule has 3 heteroatoms. The molecule has 2 rings (SSSR count). The van der Waals surface area contributed by atoms with E-state index in [9.17, 15) is 4.79 Å². The molecule has 3 nitrogen and oxygen atoms in total. The lowest BCUT2D eigenvalue weighted by molar-refractivity contribution is 0.112. The molecule has 15 heavy (non-hydrogen) atoms. The van der Waals surface area contributed by atoms with Crippen molar-refractivity contribution in [2.75, 3.05) is 0 Å². The van der Waals surface area contributed by atoms with Crippen LogP contribution in [-0.2, 0) is 0 Å². The van der Waals surface area contributed by atoms with E-state index in [2.05, 4.69) is 9.97 Å². The van der Waals surface area contributed by atoms with Gasteiger partial charge in [-0.15, -0.1) is 0 Å². The molecule has 0 aliphatic carbocycles. The van der Waals surface area contributed by atoms with Crippen LogP contribution in [0.3, 0.4) is 0 Å². The van der Waals surface area contributed by atoms with Crippen LogP contribution in [0.4, 0.5) is 0 Å². The number of pyridine rings is 2. The molecule has 0 amide bonds. The third-order valence-electron chi connectivity index (χ3n) is 2.11. The lowest BCUT2D eigenvalue weighted by Crippen LogP contribution is -1.88. The molecule has 0 atom stereocenters. The molecule has 0 saturated carbocycles. The highest BCUT2D eigenvalue weighted by Crippen LogP contribution is 2.16. The fraction of sp³-hybridized carbons (Fsp3) is 0.0833. The molecule has 2 heterocycles. The van der Waals surface area contributed by atoms with Crippen LogP contribution in [0.2, 0.25) is 0 Å².